The summed E-state index contributed by atoms with van der Waals surface area (Å²) < 4.78 is 0.744. The molecule has 1 amide bonds. The van der Waals surface area contributed by atoms with Crippen molar-refractivity contribution in [1.82, 2.24) is 4.98 Å². The van der Waals surface area contributed by atoms with Gasteiger partial charge in [-0.3, -0.25) is 4.79 Å². The van der Waals surface area contributed by atoms with Gasteiger partial charge in [0.25, 0.3) is 0 Å². The van der Waals surface area contributed by atoms with Crippen LogP contribution in [0.15, 0.2) is 16.7 Å². The first-order valence-electron chi connectivity index (χ1n) is 4.03. The summed E-state index contributed by atoms with van der Waals surface area (Å²) in [6.45, 7) is -0.0241. The highest BCUT2D eigenvalue weighted by Crippen LogP contribution is 2.22. The number of carbonyl (C=O) groups is 1. The molecule has 4 N–H and O–H groups in total. The van der Waals surface area contributed by atoms with Crippen molar-refractivity contribution in [2.24, 2.45) is 5.73 Å². The molecule has 0 aliphatic heterocycles. The van der Waals surface area contributed by atoms with Crippen LogP contribution >= 0.6 is 27.5 Å². The van der Waals surface area contributed by atoms with Gasteiger partial charge in [0.2, 0.25) is 5.91 Å². The maximum absolute atomic E-state index is 10.5. The van der Waals surface area contributed by atoms with E-state index in [1.54, 1.807) is 12.3 Å². The highest BCUT2D eigenvalue weighted by molar-refractivity contribution is 9.10. The fourth-order valence-electron chi connectivity index (χ4n) is 0.839. The number of halogens is 2. The molecule has 0 aromatic carbocycles. The molecule has 1 rings (SSSR count). The third-order valence-electron chi connectivity index (χ3n) is 1.60. The standard InChI is InChI=1S/C8H9BrClN3O2/c9-4-1-5(10)8(12-2-4)13-3-6(14)7(11)15/h1-2,6,14H,3H2,(H2,11,15)(H,12,13). The van der Waals surface area contributed by atoms with Gasteiger partial charge < -0.3 is 16.2 Å². The highest BCUT2D eigenvalue weighted by atomic mass is 79.9. The molecule has 15 heavy (non-hydrogen) atoms. The van der Waals surface area contributed by atoms with Gasteiger partial charge in [-0.25, -0.2) is 4.98 Å². The molecule has 5 nitrogen and oxygen atoms in total. The number of anilines is 1. The van der Waals surface area contributed by atoms with E-state index in [-0.39, 0.29) is 6.54 Å². The number of hydrogen-bond donors (Lipinski definition) is 3. The minimum absolute atomic E-state index is 0.0241. The van der Waals surface area contributed by atoms with Gasteiger partial charge in [-0.1, -0.05) is 11.6 Å². The van der Waals surface area contributed by atoms with Crippen molar-refractivity contribution < 1.29 is 9.90 Å². The Kier molecular flexibility index (Phi) is 4.31. The predicted octanol–water partition coefficient (Wildman–Crippen LogP) is 0.756. The quantitative estimate of drug-likeness (QED) is 0.765. The van der Waals surface area contributed by atoms with Crippen molar-refractivity contribution in [3.05, 3.63) is 21.8 Å². The van der Waals surface area contributed by atoms with Crippen molar-refractivity contribution in [2.45, 2.75) is 6.10 Å². The molecule has 7 heteroatoms. The Morgan fingerprint density at radius 3 is 3.00 bits per heavy atom. The number of nitrogens with two attached hydrogens (primary N) is 1. The average Bonchev–Trinajstić information content (AvgIpc) is 2.15. The minimum atomic E-state index is -1.26. The fraction of sp³-hybridized carbons (Fsp3) is 0.250. The summed E-state index contributed by atoms with van der Waals surface area (Å²) in [4.78, 5) is 14.5. The lowest BCUT2D eigenvalue weighted by atomic mass is 10.3. The van der Waals surface area contributed by atoms with Crippen LogP contribution < -0.4 is 11.1 Å². The van der Waals surface area contributed by atoms with Crippen molar-refractivity contribution in [3.63, 3.8) is 0 Å². The van der Waals surface area contributed by atoms with Crippen LogP contribution in [0.2, 0.25) is 5.02 Å². The van der Waals surface area contributed by atoms with Crippen LogP contribution in [0.1, 0.15) is 0 Å². The van der Waals surface area contributed by atoms with E-state index in [0.717, 1.165) is 4.47 Å². The molecule has 1 atom stereocenters. The molecule has 0 saturated heterocycles. The maximum atomic E-state index is 10.5. The van der Waals surface area contributed by atoms with E-state index in [2.05, 4.69) is 26.2 Å². The Bertz CT molecular complexity index is 375. The van der Waals surface area contributed by atoms with Crippen molar-refractivity contribution in [3.8, 4) is 0 Å². The summed E-state index contributed by atoms with van der Waals surface area (Å²) in [7, 11) is 0. The second-order valence-electron chi connectivity index (χ2n) is 2.78. The lowest BCUT2D eigenvalue weighted by Crippen LogP contribution is -2.34. The zero-order chi connectivity index (χ0) is 11.4. The number of pyridine rings is 1. The third kappa shape index (κ3) is 3.65. The maximum Gasteiger partial charge on any atom is 0.248 e. The first-order valence-corrected chi connectivity index (χ1v) is 5.20. The van der Waals surface area contributed by atoms with Crippen LogP contribution in [0.4, 0.5) is 5.82 Å². The third-order valence-corrected chi connectivity index (χ3v) is 2.32. The number of hydrogen-bond acceptors (Lipinski definition) is 4. The number of nitrogens with zero attached hydrogens (tertiary/aromatic N) is 1. The molecule has 0 aliphatic carbocycles. The van der Waals surface area contributed by atoms with E-state index in [4.69, 9.17) is 22.4 Å². The van der Waals surface area contributed by atoms with Gasteiger partial charge in [0, 0.05) is 10.7 Å². The van der Waals surface area contributed by atoms with Crippen molar-refractivity contribution in [1.29, 1.82) is 0 Å². The summed E-state index contributed by atoms with van der Waals surface area (Å²) in [6.07, 6.45) is 0.289. The van der Waals surface area contributed by atoms with Crippen molar-refractivity contribution in [2.75, 3.05) is 11.9 Å². The largest absolute Gasteiger partial charge is 0.381 e. The predicted molar refractivity (Wildman–Crippen MR) is 60.6 cm³/mol. The van der Waals surface area contributed by atoms with Crippen LogP contribution in [0.25, 0.3) is 0 Å². The number of aliphatic hydroxyl groups excluding tert-OH is 1. The SMILES string of the molecule is NC(=O)C(O)CNc1ncc(Br)cc1Cl. The van der Waals surface area contributed by atoms with Crippen LogP contribution in [-0.2, 0) is 4.79 Å². The van der Waals surface area contributed by atoms with Gasteiger partial charge in [-0.05, 0) is 22.0 Å². The molecule has 1 unspecified atom stereocenters. The molecule has 0 spiro atoms. The number of rotatable bonds is 4. The molecule has 1 aromatic heterocycles. The van der Waals surface area contributed by atoms with Crippen LogP contribution in [0.5, 0.6) is 0 Å². The molecule has 0 fully saturated rings. The number of amides is 1. The number of carbonyl (C=O) groups excluding carboxylic acids is 1. The van der Waals surface area contributed by atoms with Crippen LogP contribution in [-0.4, -0.2) is 28.6 Å². The smallest absolute Gasteiger partial charge is 0.248 e. The molecule has 1 aromatic rings. The topological polar surface area (TPSA) is 88.2 Å². The van der Waals surface area contributed by atoms with Crippen LogP contribution in [0, 0.1) is 0 Å². The van der Waals surface area contributed by atoms with E-state index in [9.17, 15) is 4.79 Å². The summed E-state index contributed by atoms with van der Waals surface area (Å²) in [6, 6.07) is 1.65. The molecular formula is C8H9BrClN3O2. The van der Waals surface area contributed by atoms with Crippen molar-refractivity contribution >= 4 is 39.3 Å². The van der Waals surface area contributed by atoms with E-state index < -0.39 is 12.0 Å². The Morgan fingerprint density at radius 1 is 1.80 bits per heavy atom. The molecular weight excluding hydrogens is 285 g/mol. The first-order chi connectivity index (χ1) is 7.00. The zero-order valence-electron chi connectivity index (χ0n) is 7.58. The molecule has 0 saturated carbocycles. The Balaban J connectivity index is 2.62. The Hall–Kier alpha value is -0.850. The van der Waals surface area contributed by atoms with Gasteiger partial charge in [-0.2, -0.15) is 0 Å². The molecule has 0 bridgehead atoms. The first kappa shape index (κ1) is 12.2. The average molecular weight is 295 g/mol. The summed E-state index contributed by atoms with van der Waals surface area (Å²) in [5.74, 6) is -0.407. The molecule has 82 valence electrons. The van der Waals surface area contributed by atoms with Gasteiger partial charge >= 0.3 is 0 Å². The molecule has 0 radical (unpaired) electrons. The Labute approximate surface area is 99.8 Å². The lowest BCUT2D eigenvalue weighted by molar-refractivity contribution is -0.125. The van der Waals surface area contributed by atoms with Gasteiger partial charge in [-0.15, -0.1) is 0 Å². The molecule has 0 aliphatic rings. The second kappa shape index (κ2) is 5.29. The highest BCUT2D eigenvalue weighted by Gasteiger charge is 2.11. The fourth-order valence-corrected chi connectivity index (χ4v) is 1.53. The van der Waals surface area contributed by atoms with E-state index >= 15 is 0 Å². The summed E-state index contributed by atoms with van der Waals surface area (Å²) >= 11 is 9.04. The number of nitrogens with one attached hydrogen (secondary N) is 1. The zero-order valence-corrected chi connectivity index (χ0v) is 9.92. The van der Waals surface area contributed by atoms with Crippen LogP contribution in [0.3, 0.4) is 0 Å². The van der Waals surface area contributed by atoms with Gasteiger partial charge in [0.05, 0.1) is 11.6 Å². The van der Waals surface area contributed by atoms with E-state index in [0.29, 0.717) is 10.8 Å². The minimum Gasteiger partial charge on any atom is -0.381 e. The lowest BCUT2D eigenvalue weighted by Gasteiger charge is -2.09. The number of primary amides is 1. The second-order valence-corrected chi connectivity index (χ2v) is 4.11. The number of aliphatic hydroxyl groups is 1. The van der Waals surface area contributed by atoms with E-state index in [1.165, 1.54) is 0 Å². The van der Waals surface area contributed by atoms with Gasteiger partial charge in [0.15, 0.2) is 0 Å². The van der Waals surface area contributed by atoms with E-state index in [1.807, 2.05) is 0 Å². The summed E-state index contributed by atoms with van der Waals surface area (Å²) in [5, 5.41) is 12.2. The summed E-state index contributed by atoms with van der Waals surface area (Å²) in [5.41, 5.74) is 4.87. The molecule has 1 heterocycles. The van der Waals surface area contributed by atoms with Gasteiger partial charge in [0.1, 0.15) is 11.9 Å². The monoisotopic (exact) mass is 293 g/mol. The number of aromatic nitrogens is 1. The normalized spacial score (nSPS) is 12.2. The Morgan fingerprint density at radius 2 is 2.47 bits per heavy atom.